The second-order valence-electron chi connectivity index (χ2n) is 5.88. The number of nitrogens with zero attached hydrogens (tertiary/aromatic N) is 1. The van der Waals surface area contributed by atoms with Gasteiger partial charge in [0.25, 0.3) is 0 Å². The molecule has 0 saturated carbocycles. The van der Waals surface area contributed by atoms with Crippen molar-refractivity contribution in [2.45, 2.75) is 39.2 Å². The first-order chi connectivity index (χ1) is 10.5. The molecule has 0 spiro atoms. The predicted molar refractivity (Wildman–Crippen MR) is 87.7 cm³/mol. The highest BCUT2D eigenvalue weighted by Crippen LogP contribution is 2.21. The lowest BCUT2D eigenvalue weighted by Crippen LogP contribution is -2.37. The van der Waals surface area contributed by atoms with Crippen LogP contribution in [-0.4, -0.2) is 35.8 Å². The molecule has 5 heteroatoms. The molecule has 2 atom stereocenters. The van der Waals surface area contributed by atoms with E-state index >= 15 is 0 Å². The Hall–Kier alpha value is -1.55. The Morgan fingerprint density at radius 1 is 1.50 bits per heavy atom. The fourth-order valence-electron chi connectivity index (χ4n) is 2.72. The van der Waals surface area contributed by atoms with Gasteiger partial charge in [0.2, 0.25) is 11.8 Å². The quantitative estimate of drug-likeness (QED) is 0.875. The van der Waals surface area contributed by atoms with E-state index in [0.29, 0.717) is 24.5 Å². The Morgan fingerprint density at radius 3 is 2.95 bits per heavy atom. The van der Waals surface area contributed by atoms with Gasteiger partial charge in [0.1, 0.15) is 0 Å². The summed E-state index contributed by atoms with van der Waals surface area (Å²) in [7, 11) is 0. The average molecular weight is 323 g/mol. The minimum Gasteiger partial charge on any atom is -0.355 e. The van der Waals surface area contributed by atoms with E-state index in [4.69, 9.17) is 11.6 Å². The van der Waals surface area contributed by atoms with E-state index in [-0.39, 0.29) is 23.8 Å². The maximum absolute atomic E-state index is 12.2. The number of rotatable bonds is 6. The van der Waals surface area contributed by atoms with Gasteiger partial charge in [-0.25, -0.2) is 0 Å². The molecule has 120 valence electrons. The summed E-state index contributed by atoms with van der Waals surface area (Å²) in [6.07, 6.45) is 1.98. The van der Waals surface area contributed by atoms with Gasteiger partial charge in [-0.1, -0.05) is 30.7 Å². The Bertz CT molecular complexity index is 547. The van der Waals surface area contributed by atoms with Gasteiger partial charge in [-0.3, -0.25) is 9.59 Å². The number of nitrogens with one attached hydrogen (secondary N) is 1. The summed E-state index contributed by atoms with van der Waals surface area (Å²) in [5, 5.41) is 3.63. The third kappa shape index (κ3) is 4.23. The van der Waals surface area contributed by atoms with E-state index in [1.807, 2.05) is 36.1 Å². The summed E-state index contributed by atoms with van der Waals surface area (Å²) in [5.74, 6) is -0.161. The summed E-state index contributed by atoms with van der Waals surface area (Å²) in [6, 6.07) is 7.83. The summed E-state index contributed by atoms with van der Waals surface area (Å²) >= 11 is 5.94. The van der Waals surface area contributed by atoms with Crippen molar-refractivity contribution in [2.75, 3.05) is 13.1 Å². The van der Waals surface area contributed by atoms with Crippen LogP contribution in [0.5, 0.6) is 0 Å². The van der Waals surface area contributed by atoms with Crippen molar-refractivity contribution in [1.29, 1.82) is 0 Å². The molecule has 1 saturated heterocycles. The molecule has 2 unspecified atom stereocenters. The zero-order chi connectivity index (χ0) is 16.1. The van der Waals surface area contributed by atoms with Crippen molar-refractivity contribution in [3.63, 3.8) is 0 Å². The molecule has 1 fully saturated rings. The fourth-order valence-corrected chi connectivity index (χ4v) is 2.93. The third-order valence-electron chi connectivity index (χ3n) is 4.25. The summed E-state index contributed by atoms with van der Waals surface area (Å²) in [4.78, 5) is 26.0. The molecule has 22 heavy (non-hydrogen) atoms. The lowest BCUT2D eigenvalue weighted by atomic mass is 10.1. The zero-order valence-corrected chi connectivity index (χ0v) is 13.9. The molecule has 2 amide bonds. The number of hydrogen-bond donors (Lipinski definition) is 1. The molecule has 0 aliphatic carbocycles. The van der Waals surface area contributed by atoms with Gasteiger partial charge < -0.3 is 10.2 Å². The second kappa shape index (κ2) is 7.63. The molecule has 1 aromatic carbocycles. The summed E-state index contributed by atoms with van der Waals surface area (Å²) < 4.78 is 0. The van der Waals surface area contributed by atoms with Crippen molar-refractivity contribution < 1.29 is 9.59 Å². The van der Waals surface area contributed by atoms with Crippen LogP contribution < -0.4 is 5.32 Å². The SMILES string of the molecule is CCC(C)N1CC(C(=O)NCCc2cccc(Cl)c2)CC1=O. The molecule has 1 heterocycles. The first kappa shape index (κ1) is 16.8. The maximum Gasteiger partial charge on any atom is 0.225 e. The lowest BCUT2D eigenvalue weighted by molar-refractivity contribution is -0.130. The molecule has 1 N–H and O–H groups in total. The molecule has 1 aromatic rings. The van der Waals surface area contributed by atoms with Crippen molar-refractivity contribution in [3.8, 4) is 0 Å². The predicted octanol–water partition coefficient (Wildman–Crippen LogP) is 2.65. The van der Waals surface area contributed by atoms with Crippen LogP contribution in [0.2, 0.25) is 5.02 Å². The molecule has 0 bridgehead atoms. The number of carbonyl (C=O) groups is 2. The summed E-state index contributed by atoms with van der Waals surface area (Å²) in [5.41, 5.74) is 1.09. The Labute approximate surface area is 136 Å². The number of benzene rings is 1. The van der Waals surface area contributed by atoms with Crippen LogP contribution in [0.1, 0.15) is 32.3 Å². The van der Waals surface area contributed by atoms with Crippen molar-refractivity contribution >= 4 is 23.4 Å². The molecular formula is C17H23ClN2O2. The van der Waals surface area contributed by atoms with Crippen LogP contribution in [0, 0.1) is 5.92 Å². The number of likely N-dealkylation sites (tertiary alicyclic amines) is 1. The topological polar surface area (TPSA) is 49.4 Å². The van der Waals surface area contributed by atoms with Gasteiger partial charge in [-0.05, 0) is 37.5 Å². The van der Waals surface area contributed by atoms with Gasteiger partial charge in [0, 0.05) is 30.6 Å². The molecule has 1 aliphatic heterocycles. The van der Waals surface area contributed by atoms with Crippen LogP contribution in [0.4, 0.5) is 0 Å². The highest BCUT2D eigenvalue weighted by atomic mass is 35.5. The largest absolute Gasteiger partial charge is 0.355 e. The van der Waals surface area contributed by atoms with E-state index < -0.39 is 0 Å². The van der Waals surface area contributed by atoms with Crippen LogP contribution in [0.25, 0.3) is 0 Å². The lowest BCUT2D eigenvalue weighted by Gasteiger charge is -2.23. The monoisotopic (exact) mass is 322 g/mol. The Kier molecular flexibility index (Phi) is 5.83. The molecule has 1 aliphatic rings. The number of carbonyl (C=O) groups excluding carboxylic acids is 2. The zero-order valence-electron chi connectivity index (χ0n) is 13.1. The standard InChI is InChI=1S/C17H23ClN2O2/c1-3-12(2)20-11-14(10-16(20)21)17(22)19-8-7-13-5-4-6-15(18)9-13/h4-6,9,12,14H,3,7-8,10-11H2,1-2H3,(H,19,22). The van der Waals surface area contributed by atoms with Gasteiger partial charge in [0.15, 0.2) is 0 Å². The maximum atomic E-state index is 12.2. The average Bonchev–Trinajstić information content (AvgIpc) is 2.88. The highest BCUT2D eigenvalue weighted by molar-refractivity contribution is 6.30. The van der Waals surface area contributed by atoms with E-state index in [2.05, 4.69) is 12.2 Å². The van der Waals surface area contributed by atoms with Gasteiger partial charge in [0.05, 0.1) is 5.92 Å². The molecule has 0 aromatic heterocycles. The van der Waals surface area contributed by atoms with Crippen molar-refractivity contribution in [3.05, 3.63) is 34.9 Å². The van der Waals surface area contributed by atoms with Crippen LogP contribution in [-0.2, 0) is 16.0 Å². The first-order valence-corrected chi connectivity index (χ1v) is 8.20. The first-order valence-electron chi connectivity index (χ1n) is 7.83. The van der Waals surface area contributed by atoms with E-state index in [1.54, 1.807) is 0 Å². The van der Waals surface area contributed by atoms with E-state index in [0.717, 1.165) is 18.4 Å². The van der Waals surface area contributed by atoms with E-state index in [9.17, 15) is 9.59 Å². The normalized spacial score (nSPS) is 19.3. The van der Waals surface area contributed by atoms with Gasteiger partial charge in [-0.2, -0.15) is 0 Å². The number of amides is 2. The Balaban J connectivity index is 1.80. The molecule has 4 nitrogen and oxygen atoms in total. The van der Waals surface area contributed by atoms with E-state index in [1.165, 1.54) is 0 Å². The van der Waals surface area contributed by atoms with Crippen LogP contribution >= 0.6 is 11.6 Å². The van der Waals surface area contributed by atoms with Gasteiger partial charge in [-0.15, -0.1) is 0 Å². The molecule has 0 radical (unpaired) electrons. The third-order valence-corrected chi connectivity index (χ3v) is 4.49. The molecular weight excluding hydrogens is 300 g/mol. The van der Waals surface area contributed by atoms with Crippen molar-refractivity contribution in [2.24, 2.45) is 5.92 Å². The summed E-state index contributed by atoms with van der Waals surface area (Å²) in [6.45, 7) is 5.18. The number of hydrogen-bond acceptors (Lipinski definition) is 2. The van der Waals surface area contributed by atoms with Crippen LogP contribution in [0.15, 0.2) is 24.3 Å². The molecule has 2 rings (SSSR count). The smallest absolute Gasteiger partial charge is 0.225 e. The fraction of sp³-hybridized carbons (Fsp3) is 0.529. The second-order valence-corrected chi connectivity index (χ2v) is 6.31. The minimum absolute atomic E-state index is 0.0267. The van der Waals surface area contributed by atoms with Crippen molar-refractivity contribution in [1.82, 2.24) is 10.2 Å². The Morgan fingerprint density at radius 2 is 2.27 bits per heavy atom. The number of halogens is 1. The van der Waals surface area contributed by atoms with Crippen LogP contribution in [0.3, 0.4) is 0 Å². The van der Waals surface area contributed by atoms with Gasteiger partial charge >= 0.3 is 0 Å². The highest BCUT2D eigenvalue weighted by Gasteiger charge is 2.35. The minimum atomic E-state index is -0.221.